The van der Waals surface area contributed by atoms with Gasteiger partial charge in [0.15, 0.2) is 11.4 Å². The number of carbonyl (C=O) groups excluding carboxylic acids is 1. The van der Waals surface area contributed by atoms with Crippen molar-refractivity contribution in [3.63, 3.8) is 0 Å². The highest BCUT2D eigenvalue weighted by Gasteiger charge is 2.17. The van der Waals surface area contributed by atoms with Crippen LogP contribution in [0.4, 0.5) is 5.69 Å². The predicted octanol–water partition coefficient (Wildman–Crippen LogP) is 2.92. The van der Waals surface area contributed by atoms with Gasteiger partial charge in [-0.1, -0.05) is 6.07 Å². The second-order valence-electron chi connectivity index (χ2n) is 5.39. The molecule has 25 heavy (non-hydrogen) atoms. The van der Waals surface area contributed by atoms with E-state index in [9.17, 15) is 14.9 Å². The fourth-order valence-corrected chi connectivity index (χ4v) is 2.44. The minimum absolute atomic E-state index is 0.0343. The molecule has 0 unspecified atom stereocenters. The number of methoxy groups -OCH3 is 1. The lowest BCUT2D eigenvalue weighted by atomic mass is 10.2. The van der Waals surface area contributed by atoms with Crippen molar-refractivity contribution in [1.29, 1.82) is 0 Å². The molecule has 0 saturated heterocycles. The molecule has 1 aromatic carbocycles. The van der Waals surface area contributed by atoms with Gasteiger partial charge in [0.25, 0.3) is 0 Å². The van der Waals surface area contributed by atoms with Gasteiger partial charge in [0.2, 0.25) is 0 Å². The molecule has 0 spiro atoms. The molecule has 8 nitrogen and oxygen atoms in total. The van der Waals surface area contributed by atoms with Gasteiger partial charge in [0, 0.05) is 18.5 Å². The molecular formula is C17H15N3O5. The highest BCUT2D eigenvalue weighted by molar-refractivity contribution is 5.95. The number of hydrogen-bond donors (Lipinski definition) is 0. The summed E-state index contributed by atoms with van der Waals surface area (Å²) < 4.78 is 12.0. The van der Waals surface area contributed by atoms with E-state index in [1.54, 1.807) is 41.1 Å². The van der Waals surface area contributed by atoms with Gasteiger partial charge in [0.05, 0.1) is 17.7 Å². The minimum atomic E-state index is -0.492. The van der Waals surface area contributed by atoms with Gasteiger partial charge in [-0.15, -0.1) is 0 Å². The fourth-order valence-electron chi connectivity index (χ4n) is 2.44. The Balaban J connectivity index is 1.89. The molecule has 0 radical (unpaired) electrons. The molecule has 3 rings (SSSR count). The standard InChI is InChI=1S/C17H15N3O5/c1-11-5-6-14(20(22)23)15(8-11)25-10-12-9-19-7-3-4-13(16(19)18-12)17(21)24-2/h3-9H,10H2,1-2H3. The second kappa shape index (κ2) is 6.60. The zero-order chi connectivity index (χ0) is 18.0. The average Bonchev–Trinajstić information content (AvgIpc) is 3.02. The highest BCUT2D eigenvalue weighted by Crippen LogP contribution is 2.28. The predicted molar refractivity (Wildman–Crippen MR) is 88.7 cm³/mol. The highest BCUT2D eigenvalue weighted by atomic mass is 16.6. The number of pyridine rings is 1. The third kappa shape index (κ3) is 3.27. The van der Waals surface area contributed by atoms with E-state index in [1.807, 2.05) is 6.92 Å². The number of benzene rings is 1. The third-order valence-electron chi connectivity index (χ3n) is 3.63. The van der Waals surface area contributed by atoms with Gasteiger partial charge in [-0.3, -0.25) is 10.1 Å². The Labute approximate surface area is 142 Å². The Hall–Kier alpha value is -3.42. The second-order valence-corrected chi connectivity index (χ2v) is 5.39. The lowest BCUT2D eigenvalue weighted by molar-refractivity contribution is -0.386. The van der Waals surface area contributed by atoms with Crippen LogP contribution in [-0.2, 0) is 11.3 Å². The minimum Gasteiger partial charge on any atom is -0.480 e. The van der Waals surface area contributed by atoms with Crippen LogP contribution in [-0.4, -0.2) is 27.4 Å². The van der Waals surface area contributed by atoms with Gasteiger partial charge >= 0.3 is 11.7 Å². The van der Waals surface area contributed by atoms with Crippen molar-refractivity contribution in [2.75, 3.05) is 7.11 Å². The number of esters is 1. The number of aryl methyl sites for hydroxylation is 1. The van der Waals surface area contributed by atoms with Gasteiger partial charge < -0.3 is 13.9 Å². The molecule has 128 valence electrons. The first-order valence-corrected chi connectivity index (χ1v) is 7.42. The molecule has 0 aliphatic rings. The lowest BCUT2D eigenvalue weighted by Crippen LogP contribution is -2.04. The molecule has 0 fully saturated rings. The molecule has 0 bridgehead atoms. The molecule has 0 atom stereocenters. The van der Waals surface area contributed by atoms with E-state index in [0.29, 0.717) is 16.9 Å². The number of carbonyl (C=O) groups is 1. The first-order chi connectivity index (χ1) is 12.0. The molecule has 0 N–H and O–H groups in total. The van der Waals surface area contributed by atoms with Crippen molar-refractivity contribution in [3.05, 3.63) is 69.7 Å². The van der Waals surface area contributed by atoms with Gasteiger partial charge in [-0.2, -0.15) is 0 Å². The topological polar surface area (TPSA) is 96.0 Å². The number of aromatic nitrogens is 2. The Bertz CT molecular complexity index is 964. The number of imidazole rings is 1. The summed E-state index contributed by atoms with van der Waals surface area (Å²) in [4.78, 5) is 26.8. The van der Waals surface area contributed by atoms with Crippen molar-refractivity contribution in [3.8, 4) is 5.75 Å². The number of nitrogens with zero attached hydrogens (tertiary/aromatic N) is 3. The van der Waals surface area contributed by atoms with E-state index in [4.69, 9.17) is 9.47 Å². The number of ether oxygens (including phenoxy) is 2. The molecular weight excluding hydrogens is 326 g/mol. The summed E-state index contributed by atoms with van der Waals surface area (Å²) in [5.41, 5.74) is 2.05. The van der Waals surface area contributed by atoms with Crippen LogP contribution in [0.25, 0.3) is 5.65 Å². The van der Waals surface area contributed by atoms with Gasteiger partial charge in [-0.25, -0.2) is 9.78 Å². The Kier molecular flexibility index (Phi) is 4.34. The molecule has 2 heterocycles. The summed E-state index contributed by atoms with van der Waals surface area (Å²) in [5.74, 6) is -0.312. The molecule has 2 aromatic heterocycles. The molecule has 8 heteroatoms. The monoisotopic (exact) mass is 341 g/mol. The van der Waals surface area contributed by atoms with Crippen molar-refractivity contribution >= 4 is 17.3 Å². The van der Waals surface area contributed by atoms with E-state index >= 15 is 0 Å². The molecule has 0 aliphatic heterocycles. The summed E-state index contributed by atoms with van der Waals surface area (Å²) in [6.07, 6.45) is 3.44. The van der Waals surface area contributed by atoms with Crippen LogP contribution in [0, 0.1) is 17.0 Å². The maximum absolute atomic E-state index is 11.8. The van der Waals surface area contributed by atoms with Crippen LogP contribution in [0.2, 0.25) is 0 Å². The van der Waals surface area contributed by atoms with Crippen LogP contribution in [0.1, 0.15) is 21.6 Å². The number of nitro groups is 1. The number of nitro benzene ring substituents is 1. The maximum atomic E-state index is 11.8. The third-order valence-corrected chi connectivity index (χ3v) is 3.63. The van der Waals surface area contributed by atoms with Crippen molar-refractivity contribution in [2.24, 2.45) is 0 Å². The zero-order valence-electron chi connectivity index (χ0n) is 13.6. The molecule has 0 aliphatic carbocycles. The van der Waals surface area contributed by atoms with E-state index < -0.39 is 10.9 Å². The van der Waals surface area contributed by atoms with Crippen molar-refractivity contribution in [2.45, 2.75) is 13.5 Å². The van der Waals surface area contributed by atoms with Crippen molar-refractivity contribution in [1.82, 2.24) is 9.38 Å². The summed E-state index contributed by atoms with van der Waals surface area (Å²) in [6, 6.07) is 7.98. The van der Waals surface area contributed by atoms with E-state index in [-0.39, 0.29) is 18.0 Å². The SMILES string of the molecule is COC(=O)c1cccn2cc(COc3cc(C)ccc3[N+](=O)[O-])nc12. The summed E-state index contributed by atoms with van der Waals surface area (Å²) >= 11 is 0. The first kappa shape index (κ1) is 16.4. The first-order valence-electron chi connectivity index (χ1n) is 7.42. The molecule has 0 amide bonds. The number of fused-ring (bicyclic) bond motifs is 1. The lowest BCUT2D eigenvalue weighted by Gasteiger charge is -2.05. The van der Waals surface area contributed by atoms with Crippen LogP contribution in [0.5, 0.6) is 5.75 Å². The summed E-state index contributed by atoms with van der Waals surface area (Å²) in [7, 11) is 1.30. The largest absolute Gasteiger partial charge is 0.480 e. The Morgan fingerprint density at radius 1 is 1.36 bits per heavy atom. The van der Waals surface area contributed by atoms with E-state index in [2.05, 4.69) is 4.98 Å². The van der Waals surface area contributed by atoms with Gasteiger partial charge in [0.1, 0.15) is 12.2 Å². The van der Waals surface area contributed by atoms with Crippen LogP contribution < -0.4 is 4.74 Å². The van der Waals surface area contributed by atoms with Crippen LogP contribution in [0.3, 0.4) is 0 Å². The smallest absolute Gasteiger partial charge is 0.341 e. The van der Waals surface area contributed by atoms with Crippen LogP contribution in [0.15, 0.2) is 42.7 Å². The van der Waals surface area contributed by atoms with Crippen LogP contribution >= 0.6 is 0 Å². The number of hydrogen-bond acceptors (Lipinski definition) is 6. The summed E-state index contributed by atoms with van der Waals surface area (Å²) in [6.45, 7) is 1.86. The number of rotatable bonds is 5. The maximum Gasteiger partial charge on any atom is 0.341 e. The normalized spacial score (nSPS) is 10.6. The summed E-state index contributed by atoms with van der Waals surface area (Å²) in [5, 5.41) is 11.1. The van der Waals surface area contributed by atoms with E-state index in [1.165, 1.54) is 13.2 Å². The van der Waals surface area contributed by atoms with E-state index in [0.717, 1.165) is 5.56 Å². The Morgan fingerprint density at radius 2 is 2.16 bits per heavy atom. The quantitative estimate of drug-likeness (QED) is 0.402. The fraction of sp³-hybridized carbons (Fsp3) is 0.176. The molecule has 0 saturated carbocycles. The Morgan fingerprint density at radius 3 is 2.88 bits per heavy atom. The zero-order valence-corrected chi connectivity index (χ0v) is 13.6. The van der Waals surface area contributed by atoms with Crippen molar-refractivity contribution < 1.29 is 19.2 Å². The average molecular weight is 341 g/mol. The van der Waals surface area contributed by atoms with Gasteiger partial charge in [-0.05, 0) is 30.7 Å². The molecule has 3 aromatic rings.